The van der Waals surface area contributed by atoms with E-state index in [1.54, 1.807) is 0 Å². The summed E-state index contributed by atoms with van der Waals surface area (Å²) in [5.41, 5.74) is 1.14. The first-order chi connectivity index (χ1) is 11.3. The number of urea groups is 1. The number of nitrogens with one attached hydrogen (secondary N) is 2. The van der Waals surface area contributed by atoms with E-state index in [1.165, 1.54) is 0 Å². The molecule has 24 heavy (non-hydrogen) atoms. The molecule has 0 saturated carbocycles. The molecule has 5 nitrogen and oxygen atoms in total. The molecule has 0 aliphatic carbocycles. The zero-order valence-electron chi connectivity index (χ0n) is 15.8. The van der Waals surface area contributed by atoms with Crippen molar-refractivity contribution in [3.8, 4) is 5.75 Å². The molecule has 0 heterocycles. The molecular weight excluding hydrogens is 302 g/mol. The van der Waals surface area contributed by atoms with E-state index < -0.39 is 0 Å². The highest BCUT2D eigenvalue weighted by Crippen LogP contribution is 2.12. The van der Waals surface area contributed by atoms with E-state index in [2.05, 4.69) is 50.2 Å². The fraction of sp³-hybridized carbons (Fsp3) is 0.632. The van der Waals surface area contributed by atoms with E-state index in [0.717, 1.165) is 30.9 Å². The lowest BCUT2D eigenvalue weighted by Crippen LogP contribution is -2.39. The molecule has 0 radical (unpaired) electrons. The molecule has 0 aromatic heterocycles. The number of hydrogen-bond donors (Lipinski definition) is 2. The molecule has 0 fully saturated rings. The van der Waals surface area contributed by atoms with Crippen LogP contribution in [-0.2, 0) is 6.54 Å². The van der Waals surface area contributed by atoms with Crippen molar-refractivity contribution in [2.75, 3.05) is 32.8 Å². The van der Waals surface area contributed by atoms with Crippen molar-refractivity contribution < 1.29 is 9.53 Å². The lowest BCUT2D eigenvalue weighted by Gasteiger charge is -2.19. The highest BCUT2D eigenvalue weighted by Gasteiger charge is 2.11. The van der Waals surface area contributed by atoms with E-state index in [4.69, 9.17) is 4.74 Å². The third-order valence-corrected chi connectivity index (χ3v) is 3.73. The van der Waals surface area contributed by atoms with Gasteiger partial charge in [-0.05, 0) is 36.2 Å². The van der Waals surface area contributed by atoms with Gasteiger partial charge in [0.25, 0.3) is 0 Å². The van der Waals surface area contributed by atoms with E-state index in [0.29, 0.717) is 19.7 Å². The van der Waals surface area contributed by atoms with Crippen molar-refractivity contribution in [3.63, 3.8) is 0 Å². The summed E-state index contributed by atoms with van der Waals surface area (Å²) in [5.74, 6) is 0.864. The SMILES string of the molecule is CCN(CC)CCOc1ccc(CNC(=O)NCC(C)(C)C)cc1. The van der Waals surface area contributed by atoms with Crippen molar-refractivity contribution in [3.05, 3.63) is 29.8 Å². The van der Waals surface area contributed by atoms with Crippen LogP contribution < -0.4 is 15.4 Å². The van der Waals surface area contributed by atoms with Gasteiger partial charge in [0.05, 0.1) is 0 Å². The van der Waals surface area contributed by atoms with Crippen LogP contribution in [0.3, 0.4) is 0 Å². The third kappa shape index (κ3) is 8.77. The number of likely N-dealkylation sites (N-methyl/N-ethyl adjacent to an activating group) is 1. The van der Waals surface area contributed by atoms with Gasteiger partial charge in [-0.2, -0.15) is 0 Å². The molecule has 0 bridgehead atoms. The van der Waals surface area contributed by atoms with Gasteiger partial charge in [-0.25, -0.2) is 4.79 Å². The van der Waals surface area contributed by atoms with Crippen molar-refractivity contribution in [1.82, 2.24) is 15.5 Å². The minimum absolute atomic E-state index is 0.0848. The lowest BCUT2D eigenvalue weighted by atomic mass is 9.97. The molecule has 0 spiro atoms. The van der Waals surface area contributed by atoms with Gasteiger partial charge >= 0.3 is 6.03 Å². The zero-order chi connectivity index (χ0) is 18.0. The molecule has 0 aliphatic rings. The summed E-state index contributed by atoms with van der Waals surface area (Å²) in [7, 11) is 0. The molecule has 1 rings (SSSR count). The number of hydrogen-bond acceptors (Lipinski definition) is 3. The smallest absolute Gasteiger partial charge is 0.315 e. The Morgan fingerprint density at radius 3 is 2.25 bits per heavy atom. The molecule has 0 saturated heterocycles. The summed E-state index contributed by atoms with van der Waals surface area (Å²) in [6.45, 7) is 15.5. The molecule has 2 amide bonds. The minimum atomic E-state index is -0.135. The fourth-order valence-corrected chi connectivity index (χ4v) is 2.13. The Kier molecular flexibility index (Phi) is 8.61. The molecule has 5 heteroatoms. The average Bonchev–Trinajstić information content (AvgIpc) is 2.55. The molecule has 2 N–H and O–H groups in total. The molecule has 1 aromatic rings. The Balaban J connectivity index is 2.30. The molecule has 1 aromatic carbocycles. The second-order valence-electron chi connectivity index (χ2n) is 7.12. The number of nitrogens with zero attached hydrogens (tertiary/aromatic N) is 1. The molecule has 0 atom stereocenters. The summed E-state index contributed by atoms with van der Waals surface area (Å²) in [6.07, 6.45) is 0. The number of benzene rings is 1. The number of carbonyl (C=O) groups excluding carboxylic acids is 1. The number of carbonyl (C=O) groups is 1. The minimum Gasteiger partial charge on any atom is -0.492 e. The Bertz CT molecular complexity index is 476. The van der Waals surface area contributed by atoms with Crippen LogP contribution in [0, 0.1) is 5.41 Å². The summed E-state index contributed by atoms with van der Waals surface area (Å²) < 4.78 is 5.76. The first-order valence-electron chi connectivity index (χ1n) is 8.80. The highest BCUT2D eigenvalue weighted by atomic mass is 16.5. The van der Waals surface area contributed by atoms with Gasteiger partial charge in [0.15, 0.2) is 0 Å². The Morgan fingerprint density at radius 1 is 1.08 bits per heavy atom. The van der Waals surface area contributed by atoms with Crippen LogP contribution in [0.25, 0.3) is 0 Å². The van der Waals surface area contributed by atoms with Crippen LogP contribution >= 0.6 is 0 Å². The molecule has 136 valence electrons. The molecule has 0 aliphatic heterocycles. The van der Waals surface area contributed by atoms with Crippen LogP contribution in [0.1, 0.15) is 40.2 Å². The second-order valence-corrected chi connectivity index (χ2v) is 7.12. The van der Waals surface area contributed by atoms with Crippen molar-refractivity contribution >= 4 is 6.03 Å². The summed E-state index contributed by atoms with van der Waals surface area (Å²) in [4.78, 5) is 14.1. The quantitative estimate of drug-likeness (QED) is 0.728. The Labute approximate surface area is 146 Å². The fourth-order valence-electron chi connectivity index (χ4n) is 2.13. The van der Waals surface area contributed by atoms with Crippen LogP contribution in [0.2, 0.25) is 0 Å². The standard InChI is InChI=1S/C19H33N3O2/c1-6-22(7-2)12-13-24-17-10-8-16(9-11-17)14-20-18(23)21-15-19(3,4)5/h8-11H,6-7,12-15H2,1-5H3,(H2,20,21,23). The van der Waals surface area contributed by atoms with E-state index >= 15 is 0 Å². The molecular formula is C19H33N3O2. The van der Waals surface area contributed by atoms with Crippen molar-refractivity contribution in [2.45, 2.75) is 41.2 Å². The van der Waals surface area contributed by atoms with E-state index in [1.807, 2.05) is 24.3 Å². The van der Waals surface area contributed by atoms with Gasteiger partial charge in [0.2, 0.25) is 0 Å². The molecule has 0 unspecified atom stereocenters. The topological polar surface area (TPSA) is 53.6 Å². The van der Waals surface area contributed by atoms with Gasteiger partial charge in [-0.3, -0.25) is 0 Å². The van der Waals surface area contributed by atoms with Crippen LogP contribution in [0.5, 0.6) is 5.75 Å². The Morgan fingerprint density at radius 2 is 1.71 bits per heavy atom. The van der Waals surface area contributed by atoms with Crippen LogP contribution in [0.15, 0.2) is 24.3 Å². The second kappa shape index (κ2) is 10.2. The van der Waals surface area contributed by atoms with E-state index in [9.17, 15) is 4.79 Å². The van der Waals surface area contributed by atoms with Gasteiger partial charge in [-0.15, -0.1) is 0 Å². The maximum Gasteiger partial charge on any atom is 0.315 e. The third-order valence-electron chi connectivity index (χ3n) is 3.73. The number of ether oxygens (including phenoxy) is 1. The van der Waals surface area contributed by atoms with Gasteiger partial charge in [-0.1, -0.05) is 46.8 Å². The van der Waals surface area contributed by atoms with Crippen molar-refractivity contribution in [2.24, 2.45) is 5.41 Å². The monoisotopic (exact) mass is 335 g/mol. The Hall–Kier alpha value is -1.75. The lowest BCUT2D eigenvalue weighted by molar-refractivity contribution is 0.223. The first-order valence-corrected chi connectivity index (χ1v) is 8.80. The zero-order valence-corrected chi connectivity index (χ0v) is 15.8. The van der Waals surface area contributed by atoms with Crippen molar-refractivity contribution in [1.29, 1.82) is 0 Å². The van der Waals surface area contributed by atoms with Crippen LogP contribution in [0.4, 0.5) is 4.79 Å². The summed E-state index contributed by atoms with van der Waals surface area (Å²) in [6, 6.07) is 7.73. The highest BCUT2D eigenvalue weighted by molar-refractivity contribution is 5.73. The largest absolute Gasteiger partial charge is 0.492 e. The van der Waals surface area contributed by atoms with Gasteiger partial charge in [0.1, 0.15) is 12.4 Å². The summed E-state index contributed by atoms with van der Waals surface area (Å²) in [5, 5.41) is 5.74. The number of rotatable bonds is 9. The van der Waals surface area contributed by atoms with Gasteiger partial charge in [0, 0.05) is 19.6 Å². The van der Waals surface area contributed by atoms with E-state index in [-0.39, 0.29) is 11.4 Å². The number of amides is 2. The predicted octanol–water partition coefficient (Wildman–Crippen LogP) is 3.25. The van der Waals surface area contributed by atoms with Crippen LogP contribution in [-0.4, -0.2) is 43.7 Å². The normalized spacial score (nSPS) is 11.4. The maximum atomic E-state index is 11.7. The predicted molar refractivity (Wildman–Crippen MR) is 99.4 cm³/mol. The average molecular weight is 335 g/mol. The maximum absolute atomic E-state index is 11.7. The first kappa shape index (κ1) is 20.3. The summed E-state index contributed by atoms with van der Waals surface area (Å²) >= 11 is 0. The van der Waals surface area contributed by atoms with Gasteiger partial charge < -0.3 is 20.3 Å².